The number of sulfone groups is 1. The smallest absolute Gasteiger partial charge is 0.268 e. The van der Waals surface area contributed by atoms with Crippen LogP contribution in [0.2, 0.25) is 5.02 Å². The van der Waals surface area contributed by atoms with E-state index in [1.165, 1.54) is 0 Å². The number of carbonyl (C=O) groups excluding carboxylic acids is 1. The summed E-state index contributed by atoms with van der Waals surface area (Å²) in [5.41, 5.74) is 2.42. The highest BCUT2D eigenvalue weighted by Gasteiger charge is 2.30. The van der Waals surface area contributed by atoms with Gasteiger partial charge in [0.1, 0.15) is 5.69 Å². The van der Waals surface area contributed by atoms with Crippen molar-refractivity contribution < 1.29 is 13.2 Å². The van der Waals surface area contributed by atoms with Crippen LogP contribution in [0.25, 0.3) is 10.2 Å². The maximum atomic E-state index is 12.8. The largest absolute Gasteiger partial charge is 0.347 e. The molecule has 0 saturated carbocycles. The van der Waals surface area contributed by atoms with Gasteiger partial charge in [0.05, 0.1) is 21.7 Å². The lowest BCUT2D eigenvalue weighted by Crippen LogP contribution is -2.36. The SMILES string of the molecule is O=C(N[C@@H]1CCS(=O)(=O)C1)c1cc2sccc2n1Cc1ccccc1Cl. The number of hydrogen-bond acceptors (Lipinski definition) is 4. The highest BCUT2D eigenvalue weighted by atomic mass is 35.5. The molecular weight excluding hydrogens is 392 g/mol. The summed E-state index contributed by atoms with van der Waals surface area (Å²) in [4.78, 5) is 12.8. The fourth-order valence-corrected chi connectivity index (χ4v) is 5.99. The molecular formula is C18H17ClN2O3S2. The molecule has 3 aromatic rings. The van der Waals surface area contributed by atoms with E-state index in [-0.39, 0.29) is 23.5 Å². The van der Waals surface area contributed by atoms with Gasteiger partial charge < -0.3 is 9.88 Å². The van der Waals surface area contributed by atoms with Crippen LogP contribution in [-0.4, -0.2) is 36.4 Å². The highest BCUT2D eigenvalue weighted by Crippen LogP contribution is 2.28. The van der Waals surface area contributed by atoms with Gasteiger partial charge in [0.15, 0.2) is 9.84 Å². The molecule has 0 bridgehead atoms. The van der Waals surface area contributed by atoms with Crippen molar-refractivity contribution in [1.29, 1.82) is 0 Å². The molecule has 2 aromatic heterocycles. The molecule has 8 heteroatoms. The molecule has 5 nitrogen and oxygen atoms in total. The average molecular weight is 409 g/mol. The van der Waals surface area contributed by atoms with Crippen LogP contribution in [0.4, 0.5) is 0 Å². The van der Waals surface area contributed by atoms with Crippen molar-refractivity contribution in [2.75, 3.05) is 11.5 Å². The fraction of sp³-hybridized carbons (Fsp3) is 0.278. The Morgan fingerprint density at radius 2 is 2.12 bits per heavy atom. The van der Waals surface area contributed by atoms with Gasteiger partial charge in [0.2, 0.25) is 0 Å². The molecule has 4 rings (SSSR count). The standard InChI is InChI=1S/C18H17ClN2O3S2/c19-14-4-2-1-3-12(14)10-21-15-5-7-25-17(15)9-16(21)18(22)20-13-6-8-26(23,24)11-13/h1-5,7,9,13H,6,8,10-11H2,(H,20,22)/t13-/m1/s1. The van der Waals surface area contributed by atoms with Crippen molar-refractivity contribution in [1.82, 2.24) is 9.88 Å². The zero-order valence-electron chi connectivity index (χ0n) is 13.8. The van der Waals surface area contributed by atoms with Crippen LogP contribution < -0.4 is 5.32 Å². The summed E-state index contributed by atoms with van der Waals surface area (Å²) < 4.78 is 26.2. The van der Waals surface area contributed by atoms with Gasteiger partial charge in [-0.15, -0.1) is 11.3 Å². The zero-order valence-corrected chi connectivity index (χ0v) is 16.2. The van der Waals surface area contributed by atoms with Gasteiger partial charge in [-0.3, -0.25) is 4.79 Å². The fourth-order valence-electron chi connectivity index (χ4n) is 3.30. The number of rotatable bonds is 4. The second-order valence-electron chi connectivity index (χ2n) is 6.45. The van der Waals surface area contributed by atoms with Gasteiger partial charge in [0, 0.05) is 17.6 Å². The van der Waals surface area contributed by atoms with Crippen LogP contribution in [0, 0.1) is 0 Å². The second-order valence-corrected chi connectivity index (χ2v) is 10.0. The number of aromatic nitrogens is 1. The lowest BCUT2D eigenvalue weighted by atomic mass is 10.2. The Labute approximate surface area is 160 Å². The summed E-state index contributed by atoms with van der Waals surface area (Å²) in [6.45, 7) is 0.478. The molecule has 0 spiro atoms. The molecule has 26 heavy (non-hydrogen) atoms. The average Bonchev–Trinajstić information content (AvgIpc) is 3.25. The number of hydrogen-bond donors (Lipinski definition) is 1. The van der Waals surface area contributed by atoms with E-state index in [4.69, 9.17) is 11.6 Å². The molecule has 1 aliphatic heterocycles. The number of benzene rings is 1. The number of nitrogens with one attached hydrogen (secondary N) is 1. The van der Waals surface area contributed by atoms with Crippen molar-refractivity contribution in [3.05, 3.63) is 58.1 Å². The van der Waals surface area contributed by atoms with E-state index in [2.05, 4.69) is 5.32 Å². The molecule has 1 amide bonds. The molecule has 1 fully saturated rings. The minimum absolute atomic E-state index is 0.0122. The van der Waals surface area contributed by atoms with Crippen LogP contribution in [0.1, 0.15) is 22.5 Å². The number of halogens is 1. The lowest BCUT2D eigenvalue weighted by Gasteiger charge is -2.14. The molecule has 0 unspecified atom stereocenters. The maximum absolute atomic E-state index is 12.8. The van der Waals surface area contributed by atoms with E-state index in [0.717, 1.165) is 15.8 Å². The number of carbonyl (C=O) groups is 1. The summed E-state index contributed by atoms with van der Waals surface area (Å²) in [6, 6.07) is 11.1. The number of fused-ring (bicyclic) bond motifs is 1. The molecule has 3 heterocycles. The molecule has 0 aliphatic carbocycles. The van der Waals surface area contributed by atoms with E-state index in [0.29, 0.717) is 23.7 Å². The topological polar surface area (TPSA) is 68.2 Å². The van der Waals surface area contributed by atoms with Crippen LogP contribution in [-0.2, 0) is 16.4 Å². The third-order valence-electron chi connectivity index (χ3n) is 4.61. The van der Waals surface area contributed by atoms with Gasteiger partial charge in [-0.25, -0.2) is 8.42 Å². The zero-order chi connectivity index (χ0) is 18.3. The third-order valence-corrected chi connectivity index (χ3v) is 7.60. The monoisotopic (exact) mass is 408 g/mol. The van der Waals surface area contributed by atoms with Gasteiger partial charge >= 0.3 is 0 Å². The first-order valence-electron chi connectivity index (χ1n) is 8.24. The van der Waals surface area contributed by atoms with Crippen LogP contribution >= 0.6 is 22.9 Å². The molecule has 1 atom stereocenters. The Morgan fingerprint density at radius 3 is 2.85 bits per heavy atom. The minimum Gasteiger partial charge on any atom is -0.347 e. The maximum Gasteiger partial charge on any atom is 0.268 e. The predicted octanol–water partition coefficient (Wildman–Crippen LogP) is 3.32. The summed E-state index contributed by atoms with van der Waals surface area (Å²) in [5.74, 6) is -0.103. The van der Waals surface area contributed by atoms with E-state index in [9.17, 15) is 13.2 Å². The van der Waals surface area contributed by atoms with E-state index in [1.54, 1.807) is 11.3 Å². The Balaban J connectivity index is 1.66. The normalized spacial score (nSPS) is 19.0. The Bertz CT molecular complexity index is 1080. The Morgan fingerprint density at radius 1 is 1.31 bits per heavy atom. The quantitative estimate of drug-likeness (QED) is 0.720. The van der Waals surface area contributed by atoms with Crippen molar-refractivity contribution in [2.24, 2.45) is 0 Å². The summed E-state index contributed by atoms with van der Waals surface area (Å²) >= 11 is 7.86. The molecule has 1 saturated heterocycles. The van der Waals surface area contributed by atoms with Gasteiger partial charge in [0.25, 0.3) is 5.91 Å². The molecule has 136 valence electrons. The molecule has 1 N–H and O–H groups in total. The number of thiophene rings is 1. The highest BCUT2D eigenvalue weighted by molar-refractivity contribution is 7.91. The summed E-state index contributed by atoms with van der Waals surface area (Å²) in [7, 11) is -3.04. The number of nitrogens with zero attached hydrogens (tertiary/aromatic N) is 1. The van der Waals surface area contributed by atoms with Crippen molar-refractivity contribution >= 4 is 48.9 Å². The summed E-state index contributed by atoms with van der Waals surface area (Å²) in [5, 5.41) is 5.51. The third kappa shape index (κ3) is 3.39. The second kappa shape index (κ2) is 6.72. The van der Waals surface area contributed by atoms with E-state index in [1.807, 2.05) is 46.3 Å². The van der Waals surface area contributed by atoms with Crippen LogP contribution in [0.5, 0.6) is 0 Å². The van der Waals surface area contributed by atoms with E-state index < -0.39 is 9.84 Å². The Hall–Kier alpha value is -1.83. The number of amides is 1. The van der Waals surface area contributed by atoms with Crippen molar-refractivity contribution in [3.63, 3.8) is 0 Å². The first-order chi connectivity index (χ1) is 12.4. The molecule has 1 aliphatic rings. The van der Waals surface area contributed by atoms with E-state index >= 15 is 0 Å². The van der Waals surface area contributed by atoms with Crippen molar-refractivity contribution in [3.8, 4) is 0 Å². The van der Waals surface area contributed by atoms with Gasteiger partial charge in [-0.1, -0.05) is 29.8 Å². The first-order valence-corrected chi connectivity index (χ1v) is 11.3. The molecule has 0 radical (unpaired) electrons. The lowest BCUT2D eigenvalue weighted by molar-refractivity contribution is 0.0932. The first kappa shape index (κ1) is 17.6. The summed E-state index contributed by atoms with van der Waals surface area (Å²) in [6.07, 6.45) is 0.466. The van der Waals surface area contributed by atoms with Gasteiger partial charge in [-0.05, 0) is 35.6 Å². The minimum atomic E-state index is -3.04. The Kier molecular flexibility index (Phi) is 4.54. The van der Waals surface area contributed by atoms with Crippen molar-refractivity contribution in [2.45, 2.75) is 19.0 Å². The molecule has 1 aromatic carbocycles. The van der Waals surface area contributed by atoms with Crippen LogP contribution in [0.3, 0.4) is 0 Å². The van der Waals surface area contributed by atoms with Gasteiger partial charge in [-0.2, -0.15) is 0 Å². The van der Waals surface area contributed by atoms with Crippen LogP contribution in [0.15, 0.2) is 41.8 Å². The predicted molar refractivity (Wildman–Crippen MR) is 105 cm³/mol.